The molecule has 0 aliphatic carbocycles. The van der Waals surface area contributed by atoms with Crippen molar-refractivity contribution < 1.29 is 0 Å². The predicted octanol–water partition coefficient (Wildman–Crippen LogP) is 3.04. The van der Waals surface area contributed by atoms with E-state index >= 15 is 0 Å². The van der Waals surface area contributed by atoms with Crippen LogP contribution in [0.15, 0.2) is 41.5 Å². The van der Waals surface area contributed by atoms with E-state index in [0.29, 0.717) is 0 Å². The molecule has 0 amide bonds. The van der Waals surface area contributed by atoms with Crippen LogP contribution in [0, 0.1) is 0 Å². The first kappa shape index (κ1) is 13.6. The van der Waals surface area contributed by atoms with E-state index in [2.05, 4.69) is 41.8 Å². The summed E-state index contributed by atoms with van der Waals surface area (Å²) in [6.07, 6.45) is 2.10. The van der Waals surface area contributed by atoms with Crippen molar-refractivity contribution in [2.24, 2.45) is 0 Å². The fourth-order valence-corrected chi connectivity index (χ4v) is 2.57. The number of hydrogen-bond donors (Lipinski definition) is 2. The molecule has 1 atom stereocenters. The standard InChI is InChI=1S/C15H21ClN2/c1-12(14-7-8-18-15(16)9-14)10-17-11-13-5-3-2-4-6-13/h2-6,15,17-18H,7-11H2,1H3. The third kappa shape index (κ3) is 4.13. The zero-order valence-electron chi connectivity index (χ0n) is 10.9. The van der Waals surface area contributed by atoms with Crippen LogP contribution < -0.4 is 10.6 Å². The Labute approximate surface area is 114 Å². The fraction of sp³-hybridized carbons (Fsp3) is 0.467. The molecule has 1 aromatic carbocycles. The molecule has 0 aromatic heterocycles. The van der Waals surface area contributed by atoms with Crippen LogP contribution in [0.2, 0.25) is 0 Å². The number of hydrogen-bond acceptors (Lipinski definition) is 2. The van der Waals surface area contributed by atoms with Gasteiger partial charge in [-0.25, -0.2) is 0 Å². The Morgan fingerprint density at radius 3 is 2.89 bits per heavy atom. The highest BCUT2D eigenvalue weighted by Gasteiger charge is 2.14. The second-order valence-electron chi connectivity index (χ2n) is 4.85. The summed E-state index contributed by atoms with van der Waals surface area (Å²) in [5, 5.41) is 6.75. The molecule has 2 N–H and O–H groups in total. The van der Waals surface area contributed by atoms with Gasteiger partial charge in [0.15, 0.2) is 0 Å². The molecule has 2 nitrogen and oxygen atoms in total. The molecular formula is C15H21ClN2. The van der Waals surface area contributed by atoms with Gasteiger partial charge in [0.25, 0.3) is 0 Å². The Balaban J connectivity index is 1.81. The van der Waals surface area contributed by atoms with Crippen molar-refractivity contribution in [3.05, 3.63) is 47.0 Å². The normalized spacial score (nSPS) is 22.9. The summed E-state index contributed by atoms with van der Waals surface area (Å²) < 4.78 is 0. The first-order chi connectivity index (χ1) is 8.75. The van der Waals surface area contributed by atoms with Crippen LogP contribution in [0.4, 0.5) is 0 Å². The monoisotopic (exact) mass is 264 g/mol. The van der Waals surface area contributed by atoms with Gasteiger partial charge in [0.2, 0.25) is 0 Å². The molecule has 0 saturated carbocycles. The molecule has 0 radical (unpaired) electrons. The SMILES string of the molecule is CC(CNCc1ccccc1)=C1CCNC(Cl)C1. The van der Waals surface area contributed by atoms with Gasteiger partial charge < -0.3 is 10.6 Å². The molecular weight excluding hydrogens is 244 g/mol. The predicted molar refractivity (Wildman–Crippen MR) is 77.7 cm³/mol. The Morgan fingerprint density at radius 1 is 1.39 bits per heavy atom. The average Bonchev–Trinajstić information content (AvgIpc) is 2.40. The molecule has 1 unspecified atom stereocenters. The topological polar surface area (TPSA) is 24.1 Å². The van der Waals surface area contributed by atoms with E-state index in [1.54, 1.807) is 0 Å². The van der Waals surface area contributed by atoms with Gasteiger partial charge >= 0.3 is 0 Å². The van der Waals surface area contributed by atoms with Crippen LogP contribution in [0.1, 0.15) is 25.3 Å². The van der Waals surface area contributed by atoms with E-state index in [0.717, 1.165) is 32.5 Å². The maximum absolute atomic E-state index is 6.12. The quantitative estimate of drug-likeness (QED) is 0.496. The molecule has 1 saturated heterocycles. The lowest BCUT2D eigenvalue weighted by Gasteiger charge is -2.23. The minimum Gasteiger partial charge on any atom is -0.309 e. The van der Waals surface area contributed by atoms with E-state index < -0.39 is 0 Å². The van der Waals surface area contributed by atoms with Gasteiger partial charge in [-0.2, -0.15) is 0 Å². The van der Waals surface area contributed by atoms with E-state index in [4.69, 9.17) is 11.6 Å². The zero-order chi connectivity index (χ0) is 12.8. The van der Waals surface area contributed by atoms with Crippen molar-refractivity contribution in [2.75, 3.05) is 13.1 Å². The summed E-state index contributed by atoms with van der Waals surface area (Å²) in [5.74, 6) is 0. The number of piperidine rings is 1. The fourth-order valence-electron chi connectivity index (χ4n) is 2.27. The van der Waals surface area contributed by atoms with E-state index in [9.17, 15) is 0 Å². The maximum Gasteiger partial charge on any atom is 0.0863 e. The van der Waals surface area contributed by atoms with E-state index in [-0.39, 0.29) is 5.50 Å². The molecule has 1 aliphatic heterocycles. The summed E-state index contributed by atoms with van der Waals surface area (Å²) in [6.45, 7) is 5.09. The van der Waals surface area contributed by atoms with Crippen molar-refractivity contribution >= 4 is 11.6 Å². The molecule has 1 fully saturated rings. The molecule has 0 bridgehead atoms. The Kier molecular flexibility index (Phi) is 5.24. The van der Waals surface area contributed by atoms with Crippen LogP contribution >= 0.6 is 11.6 Å². The first-order valence-corrected chi connectivity index (χ1v) is 6.99. The van der Waals surface area contributed by atoms with Gasteiger partial charge in [-0.05, 0) is 25.3 Å². The second kappa shape index (κ2) is 6.93. The van der Waals surface area contributed by atoms with Crippen LogP contribution in [0.5, 0.6) is 0 Å². The van der Waals surface area contributed by atoms with Crippen molar-refractivity contribution in [3.63, 3.8) is 0 Å². The molecule has 18 heavy (non-hydrogen) atoms. The van der Waals surface area contributed by atoms with Gasteiger partial charge in [-0.3, -0.25) is 0 Å². The Hall–Kier alpha value is -0.830. The van der Waals surface area contributed by atoms with Crippen molar-refractivity contribution in [1.29, 1.82) is 0 Å². The molecule has 1 aromatic rings. The number of alkyl halides is 1. The minimum absolute atomic E-state index is 0.109. The summed E-state index contributed by atoms with van der Waals surface area (Å²) in [6, 6.07) is 10.5. The van der Waals surface area contributed by atoms with Crippen molar-refractivity contribution in [2.45, 2.75) is 31.8 Å². The lowest BCUT2D eigenvalue weighted by atomic mass is 9.99. The van der Waals surface area contributed by atoms with Crippen LogP contribution in [0.3, 0.4) is 0 Å². The Bertz CT molecular complexity index is 400. The third-order valence-electron chi connectivity index (χ3n) is 3.38. The van der Waals surface area contributed by atoms with Crippen LogP contribution in [0.25, 0.3) is 0 Å². The number of halogens is 1. The largest absolute Gasteiger partial charge is 0.309 e. The maximum atomic E-state index is 6.12. The third-order valence-corrected chi connectivity index (χ3v) is 3.69. The summed E-state index contributed by atoms with van der Waals surface area (Å²) in [5.41, 5.74) is 4.39. The lowest BCUT2D eigenvalue weighted by Crippen LogP contribution is -2.31. The van der Waals surface area contributed by atoms with E-state index in [1.807, 2.05) is 6.07 Å². The van der Waals surface area contributed by atoms with Gasteiger partial charge in [-0.1, -0.05) is 41.5 Å². The number of rotatable bonds is 4. The first-order valence-electron chi connectivity index (χ1n) is 6.55. The highest BCUT2D eigenvalue weighted by molar-refractivity contribution is 6.20. The highest BCUT2D eigenvalue weighted by atomic mass is 35.5. The summed E-state index contributed by atoms with van der Waals surface area (Å²) in [4.78, 5) is 0. The van der Waals surface area contributed by atoms with Crippen molar-refractivity contribution in [1.82, 2.24) is 10.6 Å². The molecule has 2 rings (SSSR count). The number of nitrogens with one attached hydrogen (secondary N) is 2. The lowest BCUT2D eigenvalue weighted by molar-refractivity contribution is 0.560. The molecule has 1 aliphatic rings. The molecule has 0 spiro atoms. The van der Waals surface area contributed by atoms with Gasteiger partial charge in [0.1, 0.15) is 0 Å². The van der Waals surface area contributed by atoms with Gasteiger partial charge in [0, 0.05) is 19.6 Å². The summed E-state index contributed by atoms with van der Waals surface area (Å²) >= 11 is 6.12. The van der Waals surface area contributed by atoms with Crippen LogP contribution in [-0.4, -0.2) is 18.6 Å². The van der Waals surface area contributed by atoms with Crippen LogP contribution in [-0.2, 0) is 6.54 Å². The smallest absolute Gasteiger partial charge is 0.0863 e. The number of benzene rings is 1. The molecule has 98 valence electrons. The minimum atomic E-state index is 0.109. The zero-order valence-corrected chi connectivity index (χ0v) is 11.6. The highest BCUT2D eigenvalue weighted by Crippen LogP contribution is 2.20. The second-order valence-corrected chi connectivity index (χ2v) is 5.38. The average molecular weight is 265 g/mol. The summed E-state index contributed by atoms with van der Waals surface area (Å²) in [7, 11) is 0. The Morgan fingerprint density at radius 2 is 2.17 bits per heavy atom. The molecule has 1 heterocycles. The van der Waals surface area contributed by atoms with Gasteiger partial charge in [0.05, 0.1) is 5.50 Å². The van der Waals surface area contributed by atoms with E-state index in [1.165, 1.54) is 16.7 Å². The van der Waals surface area contributed by atoms with Crippen molar-refractivity contribution in [3.8, 4) is 0 Å². The van der Waals surface area contributed by atoms with Gasteiger partial charge in [-0.15, -0.1) is 11.6 Å². The molecule has 3 heteroatoms.